The van der Waals surface area contributed by atoms with Crippen LogP contribution in [-0.2, 0) is 16.2 Å². The van der Waals surface area contributed by atoms with Crippen molar-refractivity contribution in [2.45, 2.75) is 11.5 Å². The zero-order valence-corrected chi connectivity index (χ0v) is 13.5. The molecule has 0 aliphatic carbocycles. The molecule has 0 bridgehead atoms. The van der Waals surface area contributed by atoms with Crippen molar-refractivity contribution < 1.29 is 4.74 Å². The summed E-state index contributed by atoms with van der Waals surface area (Å²) in [5.41, 5.74) is 3.77. The molecular formula is C16H18N4O2S. The Labute approximate surface area is 138 Å². The number of anilines is 3. The van der Waals surface area contributed by atoms with Crippen molar-refractivity contribution in [3.8, 4) is 0 Å². The van der Waals surface area contributed by atoms with Crippen molar-refractivity contribution in [1.82, 2.24) is 9.97 Å². The minimum Gasteiger partial charge on any atom is -0.378 e. The van der Waals surface area contributed by atoms with Crippen LogP contribution in [0.5, 0.6) is 0 Å². The van der Waals surface area contributed by atoms with Gasteiger partial charge in [0, 0.05) is 41.5 Å². The maximum Gasteiger partial charge on any atom is 0.256 e. The highest BCUT2D eigenvalue weighted by atomic mass is 32.2. The van der Waals surface area contributed by atoms with Gasteiger partial charge in [0.2, 0.25) is 5.95 Å². The second kappa shape index (κ2) is 6.25. The molecule has 1 fully saturated rings. The van der Waals surface area contributed by atoms with Crippen LogP contribution in [0.2, 0.25) is 0 Å². The largest absolute Gasteiger partial charge is 0.378 e. The molecule has 0 atom stereocenters. The third-order valence-corrected chi connectivity index (χ3v) is 5.06. The number of rotatable bonds is 3. The lowest BCUT2D eigenvalue weighted by Gasteiger charge is -2.28. The number of H-pyrrole nitrogens is 1. The van der Waals surface area contributed by atoms with Crippen LogP contribution < -0.4 is 15.8 Å². The summed E-state index contributed by atoms with van der Waals surface area (Å²) in [4.78, 5) is 21.6. The fraction of sp³-hybridized carbons (Fsp3) is 0.375. The molecule has 0 radical (unpaired) electrons. The summed E-state index contributed by atoms with van der Waals surface area (Å²) in [6, 6.07) is 8.17. The third-order valence-electron chi connectivity index (χ3n) is 4.09. The highest BCUT2D eigenvalue weighted by Crippen LogP contribution is 2.26. The maximum atomic E-state index is 12.0. The SMILES string of the molecule is O=c1[nH]c(Nc2ccc(N3CCOCC3)cc2)nc2c1CSC2. The summed E-state index contributed by atoms with van der Waals surface area (Å²) in [5, 5.41) is 3.19. The standard InChI is InChI=1S/C16H18N4O2S/c21-15-13-9-23-10-14(13)18-16(19-15)17-11-1-3-12(4-2-11)20-5-7-22-8-6-20/h1-4H,5-10H2,(H2,17,18,19,21). The fourth-order valence-corrected chi connectivity index (χ4v) is 3.87. The second-order valence-electron chi connectivity index (χ2n) is 5.60. The van der Waals surface area contributed by atoms with E-state index in [9.17, 15) is 4.79 Å². The summed E-state index contributed by atoms with van der Waals surface area (Å²) in [6.07, 6.45) is 0. The maximum absolute atomic E-state index is 12.0. The van der Waals surface area contributed by atoms with Crippen LogP contribution in [0.15, 0.2) is 29.1 Å². The molecule has 120 valence electrons. The van der Waals surface area contributed by atoms with Gasteiger partial charge in [-0.2, -0.15) is 11.8 Å². The summed E-state index contributed by atoms with van der Waals surface area (Å²) in [7, 11) is 0. The van der Waals surface area contributed by atoms with Crippen LogP contribution in [-0.4, -0.2) is 36.3 Å². The zero-order chi connectivity index (χ0) is 15.6. The van der Waals surface area contributed by atoms with Crippen LogP contribution in [0.25, 0.3) is 0 Å². The molecule has 2 aliphatic rings. The predicted octanol–water partition coefficient (Wildman–Crippen LogP) is 2.10. The van der Waals surface area contributed by atoms with E-state index in [2.05, 4.69) is 32.3 Å². The molecule has 7 heteroatoms. The van der Waals surface area contributed by atoms with E-state index in [-0.39, 0.29) is 5.56 Å². The van der Waals surface area contributed by atoms with E-state index < -0.39 is 0 Å². The molecule has 2 N–H and O–H groups in total. The van der Waals surface area contributed by atoms with Crippen LogP contribution in [0, 0.1) is 0 Å². The van der Waals surface area contributed by atoms with Crippen molar-refractivity contribution >= 4 is 29.1 Å². The highest BCUT2D eigenvalue weighted by molar-refractivity contribution is 7.98. The van der Waals surface area contributed by atoms with E-state index in [0.29, 0.717) is 5.95 Å². The molecule has 6 nitrogen and oxygen atoms in total. The first-order valence-corrected chi connectivity index (χ1v) is 8.85. The Morgan fingerprint density at radius 1 is 1.17 bits per heavy atom. The monoisotopic (exact) mass is 330 g/mol. The van der Waals surface area contributed by atoms with Gasteiger partial charge in [-0.15, -0.1) is 0 Å². The van der Waals surface area contributed by atoms with Crippen molar-refractivity contribution in [3.63, 3.8) is 0 Å². The van der Waals surface area contributed by atoms with Gasteiger partial charge in [-0.05, 0) is 24.3 Å². The molecule has 0 unspecified atom stereocenters. The van der Waals surface area contributed by atoms with Gasteiger partial charge in [-0.25, -0.2) is 4.98 Å². The number of hydrogen-bond acceptors (Lipinski definition) is 6. The first-order valence-electron chi connectivity index (χ1n) is 7.69. The Morgan fingerprint density at radius 3 is 2.74 bits per heavy atom. The van der Waals surface area contributed by atoms with E-state index in [1.54, 1.807) is 11.8 Å². The van der Waals surface area contributed by atoms with E-state index in [1.807, 2.05) is 12.1 Å². The Morgan fingerprint density at radius 2 is 1.96 bits per heavy atom. The Hall–Kier alpha value is -1.99. The lowest BCUT2D eigenvalue weighted by atomic mass is 10.2. The van der Waals surface area contributed by atoms with Gasteiger partial charge < -0.3 is 15.0 Å². The van der Waals surface area contributed by atoms with Gasteiger partial charge in [0.05, 0.1) is 18.9 Å². The first-order chi connectivity index (χ1) is 11.3. The summed E-state index contributed by atoms with van der Waals surface area (Å²) in [6.45, 7) is 3.39. The first kappa shape index (κ1) is 14.6. The number of fused-ring (bicyclic) bond motifs is 1. The van der Waals surface area contributed by atoms with Gasteiger partial charge in [-0.1, -0.05) is 0 Å². The van der Waals surface area contributed by atoms with E-state index in [1.165, 1.54) is 5.69 Å². The van der Waals surface area contributed by atoms with Crippen molar-refractivity contribution in [2.75, 3.05) is 36.5 Å². The molecule has 2 aromatic rings. The molecule has 1 aromatic carbocycles. The fourth-order valence-electron chi connectivity index (χ4n) is 2.84. The quantitative estimate of drug-likeness (QED) is 0.898. The minimum absolute atomic E-state index is 0.0348. The van der Waals surface area contributed by atoms with Crippen molar-refractivity contribution in [2.24, 2.45) is 0 Å². The lowest BCUT2D eigenvalue weighted by molar-refractivity contribution is 0.122. The molecular weight excluding hydrogens is 312 g/mol. The number of aromatic nitrogens is 2. The number of nitrogens with zero attached hydrogens (tertiary/aromatic N) is 2. The van der Waals surface area contributed by atoms with Gasteiger partial charge in [0.15, 0.2) is 0 Å². The minimum atomic E-state index is -0.0348. The summed E-state index contributed by atoms with van der Waals surface area (Å²) in [5.74, 6) is 2.08. The average Bonchev–Trinajstić information content (AvgIpc) is 3.05. The number of ether oxygens (including phenoxy) is 1. The predicted molar refractivity (Wildman–Crippen MR) is 92.6 cm³/mol. The number of nitrogens with one attached hydrogen (secondary N) is 2. The van der Waals surface area contributed by atoms with Crippen molar-refractivity contribution in [1.29, 1.82) is 0 Å². The zero-order valence-electron chi connectivity index (χ0n) is 12.7. The van der Waals surface area contributed by atoms with E-state index in [4.69, 9.17) is 4.74 Å². The van der Waals surface area contributed by atoms with Crippen LogP contribution in [0.1, 0.15) is 11.3 Å². The summed E-state index contributed by atoms with van der Waals surface area (Å²) < 4.78 is 5.37. The van der Waals surface area contributed by atoms with Crippen LogP contribution in [0.3, 0.4) is 0 Å². The third kappa shape index (κ3) is 3.07. The number of morpholine rings is 1. The molecule has 0 amide bonds. The highest BCUT2D eigenvalue weighted by Gasteiger charge is 2.17. The average molecular weight is 330 g/mol. The molecule has 1 saturated heterocycles. The molecule has 4 rings (SSSR count). The lowest BCUT2D eigenvalue weighted by Crippen LogP contribution is -2.36. The Bertz CT molecular complexity index is 754. The normalized spacial score (nSPS) is 17.1. The van der Waals surface area contributed by atoms with Crippen LogP contribution >= 0.6 is 11.8 Å². The second-order valence-corrected chi connectivity index (χ2v) is 6.59. The summed E-state index contributed by atoms with van der Waals surface area (Å²) >= 11 is 1.72. The number of benzene rings is 1. The topological polar surface area (TPSA) is 70.2 Å². The van der Waals surface area contributed by atoms with Gasteiger partial charge >= 0.3 is 0 Å². The van der Waals surface area contributed by atoms with Crippen molar-refractivity contribution in [3.05, 3.63) is 45.9 Å². The Balaban J connectivity index is 1.51. The molecule has 1 aromatic heterocycles. The molecule has 0 saturated carbocycles. The molecule has 2 aliphatic heterocycles. The molecule has 23 heavy (non-hydrogen) atoms. The smallest absolute Gasteiger partial charge is 0.256 e. The van der Waals surface area contributed by atoms with Gasteiger partial charge in [0.1, 0.15) is 0 Å². The Kier molecular flexibility index (Phi) is 3.97. The van der Waals surface area contributed by atoms with Gasteiger partial charge in [-0.3, -0.25) is 9.78 Å². The van der Waals surface area contributed by atoms with E-state index in [0.717, 1.165) is 54.8 Å². The van der Waals surface area contributed by atoms with Crippen LogP contribution in [0.4, 0.5) is 17.3 Å². The number of hydrogen-bond donors (Lipinski definition) is 2. The van der Waals surface area contributed by atoms with E-state index >= 15 is 0 Å². The molecule has 3 heterocycles. The number of aromatic amines is 1. The molecule has 0 spiro atoms. The number of thioether (sulfide) groups is 1. The van der Waals surface area contributed by atoms with Gasteiger partial charge in [0.25, 0.3) is 5.56 Å².